The molecular weight excluding hydrogens is 280 g/mol. The number of imidazole rings is 1. The average Bonchev–Trinajstić information content (AvgIpc) is 2.86. The quantitative estimate of drug-likeness (QED) is 0.793. The van der Waals surface area contributed by atoms with Crippen LogP contribution in [-0.4, -0.2) is 34.3 Å². The van der Waals surface area contributed by atoms with E-state index in [1.807, 2.05) is 36.6 Å². The second-order valence-corrected chi connectivity index (χ2v) is 5.24. The summed E-state index contributed by atoms with van der Waals surface area (Å²) in [6.45, 7) is 6.53. The number of nitrogens with one attached hydrogen (secondary N) is 2. The van der Waals surface area contributed by atoms with Crippen molar-refractivity contribution in [3.63, 3.8) is 0 Å². The molecule has 0 fully saturated rings. The Bertz CT molecular complexity index is 691. The molecule has 118 valence electrons. The van der Waals surface area contributed by atoms with Crippen LogP contribution in [0.25, 0.3) is 5.65 Å². The lowest BCUT2D eigenvalue weighted by Crippen LogP contribution is -2.30. The van der Waals surface area contributed by atoms with Gasteiger partial charge in [0.15, 0.2) is 0 Å². The maximum Gasteiger partial charge on any atom is 0.270 e. The van der Waals surface area contributed by atoms with E-state index in [-0.39, 0.29) is 11.8 Å². The third-order valence-corrected chi connectivity index (χ3v) is 3.48. The van der Waals surface area contributed by atoms with E-state index in [4.69, 9.17) is 0 Å². The van der Waals surface area contributed by atoms with Crippen LogP contribution in [0.1, 0.15) is 42.0 Å². The number of rotatable bonds is 6. The Kier molecular flexibility index (Phi) is 5.14. The van der Waals surface area contributed by atoms with Crippen LogP contribution in [0.4, 0.5) is 0 Å². The molecular formula is C16H22N4O2. The van der Waals surface area contributed by atoms with Crippen LogP contribution in [0.2, 0.25) is 0 Å². The highest BCUT2D eigenvalue weighted by atomic mass is 16.2. The van der Waals surface area contributed by atoms with Gasteiger partial charge in [0.05, 0.1) is 5.69 Å². The molecule has 22 heavy (non-hydrogen) atoms. The molecule has 0 aliphatic carbocycles. The minimum Gasteiger partial charge on any atom is -0.356 e. The molecule has 6 nitrogen and oxygen atoms in total. The van der Waals surface area contributed by atoms with Gasteiger partial charge in [0.25, 0.3) is 5.91 Å². The highest BCUT2D eigenvalue weighted by Crippen LogP contribution is 2.16. The van der Waals surface area contributed by atoms with E-state index in [0.717, 1.165) is 16.9 Å². The SMILES string of the molecule is CCc1nc2c(C)cccn2c1C(=O)NCCCNC(C)=O. The van der Waals surface area contributed by atoms with Crippen molar-refractivity contribution in [2.75, 3.05) is 13.1 Å². The molecule has 0 aromatic carbocycles. The van der Waals surface area contributed by atoms with Crippen LogP contribution in [0.5, 0.6) is 0 Å². The molecule has 0 atom stereocenters. The number of hydrogen-bond acceptors (Lipinski definition) is 3. The lowest BCUT2D eigenvalue weighted by atomic mass is 10.2. The zero-order valence-electron chi connectivity index (χ0n) is 13.3. The summed E-state index contributed by atoms with van der Waals surface area (Å²) >= 11 is 0. The van der Waals surface area contributed by atoms with Crippen LogP contribution in [0.15, 0.2) is 18.3 Å². The molecule has 0 spiro atoms. The van der Waals surface area contributed by atoms with Crippen LogP contribution in [0, 0.1) is 6.92 Å². The van der Waals surface area contributed by atoms with Gasteiger partial charge in [-0.2, -0.15) is 0 Å². The van der Waals surface area contributed by atoms with Crippen molar-refractivity contribution in [2.24, 2.45) is 0 Å². The number of pyridine rings is 1. The number of amides is 2. The van der Waals surface area contributed by atoms with Gasteiger partial charge in [-0.15, -0.1) is 0 Å². The Labute approximate surface area is 129 Å². The molecule has 0 radical (unpaired) electrons. The molecule has 2 amide bonds. The largest absolute Gasteiger partial charge is 0.356 e. The second-order valence-electron chi connectivity index (χ2n) is 5.24. The predicted octanol–water partition coefficient (Wildman–Crippen LogP) is 1.46. The molecule has 2 aromatic heterocycles. The highest BCUT2D eigenvalue weighted by Gasteiger charge is 2.18. The maximum absolute atomic E-state index is 12.4. The van der Waals surface area contributed by atoms with Crippen LogP contribution >= 0.6 is 0 Å². The number of aromatic nitrogens is 2. The van der Waals surface area contributed by atoms with Gasteiger partial charge in [0.2, 0.25) is 5.91 Å². The predicted molar refractivity (Wildman–Crippen MR) is 84.9 cm³/mol. The molecule has 0 aliphatic heterocycles. The fourth-order valence-corrected chi connectivity index (χ4v) is 2.38. The Hall–Kier alpha value is -2.37. The Morgan fingerprint density at radius 3 is 2.68 bits per heavy atom. The van der Waals surface area contributed by atoms with Crippen LogP contribution in [0.3, 0.4) is 0 Å². The van der Waals surface area contributed by atoms with E-state index in [2.05, 4.69) is 15.6 Å². The molecule has 0 bridgehead atoms. The Balaban J connectivity index is 2.10. The lowest BCUT2D eigenvalue weighted by molar-refractivity contribution is -0.118. The summed E-state index contributed by atoms with van der Waals surface area (Å²) in [6, 6.07) is 3.90. The minimum atomic E-state index is -0.127. The van der Waals surface area contributed by atoms with Gasteiger partial charge < -0.3 is 10.6 Å². The molecule has 2 N–H and O–H groups in total. The lowest BCUT2D eigenvalue weighted by Gasteiger charge is -2.07. The first kappa shape index (κ1) is 16.0. The zero-order chi connectivity index (χ0) is 16.1. The second kappa shape index (κ2) is 7.06. The molecule has 0 saturated carbocycles. The van der Waals surface area contributed by atoms with Crippen LogP contribution in [-0.2, 0) is 11.2 Å². The number of fused-ring (bicyclic) bond motifs is 1. The van der Waals surface area contributed by atoms with E-state index in [0.29, 0.717) is 31.6 Å². The summed E-state index contributed by atoms with van der Waals surface area (Å²) in [4.78, 5) is 27.8. The van der Waals surface area contributed by atoms with Crippen molar-refractivity contribution in [1.82, 2.24) is 20.0 Å². The fourth-order valence-electron chi connectivity index (χ4n) is 2.38. The van der Waals surface area contributed by atoms with Gasteiger partial charge in [0.1, 0.15) is 11.3 Å². The third-order valence-electron chi connectivity index (χ3n) is 3.48. The molecule has 2 heterocycles. The topological polar surface area (TPSA) is 75.5 Å². The van der Waals surface area contributed by atoms with Crippen molar-refractivity contribution in [3.8, 4) is 0 Å². The van der Waals surface area contributed by atoms with Crippen molar-refractivity contribution in [3.05, 3.63) is 35.3 Å². The van der Waals surface area contributed by atoms with Crippen molar-refractivity contribution in [1.29, 1.82) is 0 Å². The third kappa shape index (κ3) is 3.44. The summed E-state index contributed by atoms with van der Waals surface area (Å²) in [7, 11) is 0. The minimum absolute atomic E-state index is 0.0585. The van der Waals surface area contributed by atoms with E-state index < -0.39 is 0 Å². The van der Waals surface area contributed by atoms with E-state index >= 15 is 0 Å². The fraction of sp³-hybridized carbons (Fsp3) is 0.438. The summed E-state index contributed by atoms with van der Waals surface area (Å²) in [5.74, 6) is -0.186. The Morgan fingerprint density at radius 1 is 1.27 bits per heavy atom. The molecule has 0 aliphatic rings. The zero-order valence-corrected chi connectivity index (χ0v) is 13.3. The normalized spacial score (nSPS) is 10.7. The summed E-state index contributed by atoms with van der Waals surface area (Å²) in [6.07, 6.45) is 3.26. The van der Waals surface area contributed by atoms with E-state index in [1.54, 1.807) is 0 Å². The number of carbonyl (C=O) groups excluding carboxylic acids is 2. The molecule has 0 unspecified atom stereocenters. The smallest absolute Gasteiger partial charge is 0.270 e. The van der Waals surface area contributed by atoms with Gasteiger partial charge >= 0.3 is 0 Å². The number of aryl methyl sites for hydroxylation is 2. The van der Waals surface area contributed by atoms with Crippen LogP contribution < -0.4 is 10.6 Å². The van der Waals surface area contributed by atoms with Gasteiger partial charge in [-0.05, 0) is 31.4 Å². The molecule has 0 saturated heterocycles. The first-order valence-corrected chi connectivity index (χ1v) is 7.53. The molecule has 2 aromatic rings. The van der Waals surface area contributed by atoms with Gasteiger partial charge in [0, 0.05) is 26.2 Å². The van der Waals surface area contributed by atoms with Gasteiger partial charge in [-0.25, -0.2) is 4.98 Å². The summed E-state index contributed by atoms with van der Waals surface area (Å²) in [5, 5.41) is 5.60. The number of hydrogen-bond donors (Lipinski definition) is 2. The highest BCUT2D eigenvalue weighted by molar-refractivity contribution is 5.94. The Morgan fingerprint density at radius 2 is 2.00 bits per heavy atom. The first-order valence-electron chi connectivity index (χ1n) is 7.53. The van der Waals surface area contributed by atoms with Crippen molar-refractivity contribution >= 4 is 17.5 Å². The number of nitrogens with zero attached hydrogens (tertiary/aromatic N) is 2. The maximum atomic E-state index is 12.4. The van der Waals surface area contributed by atoms with E-state index in [9.17, 15) is 9.59 Å². The number of carbonyl (C=O) groups is 2. The molecule has 2 rings (SSSR count). The summed E-state index contributed by atoms with van der Waals surface area (Å²) in [5.41, 5.74) is 3.26. The molecule has 6 heteroatoms. The van der Waals surface area contributed by atoms with Gasteiger partial charge in [-0.1, -0.05) is 13.0 Å². The standard InChI is InChI=1S/C16H22N4O2/c1-4-13-14(16(22)18-9-6-8-17-12(3)21)20-10-5-7-11(2)15(20)19-13/h5,7,10H,4,6,8-9H2,1-3H3,(H,17,21)(H,18,22). The van der Waals surface area contributed by atoms with Crippen molar-refractivity contribution in [2.45, 2.75) is 33.6 Å². The van der Waals surface area contributed by atoms with Gasteiger partial charge in [-0.3, -0.25) is 14.0 Å². The summed E-state index contributed by atoms with van der Waals surface area (Å²) < 4.78 is 1.84. The van der Waals surface area contributed by atoms with Crippen molar-refractivity contribution < 1.29 is 9.59 Å². The first-order chi connectivity index (χ1) is 10.5. The monoisotopic (exact) mass is 302 g/mol. The van der Waals surface area contributed by atoms with E-state index in [1.165, 1.54) is 6.92 Å². The average molecular weight is 302 g/mol.